The smallest absolute Gasteiger partial charge is 0.267 e. The number of pyridine rings is 1. The van der Waals surface area contributed by atoms with Crippen LogP contribution >= 0.6 is 0 Å². The summed E-state index contributed by atoms with van der Waals surface area (Å²) in [6.07, 6.45) is 0. The lowest BCUT2D eigenvalue weighted by Gasteiger charge is -2.11. The van der Waals surface area contributed by atoms with Gasteiger partial charge in [0.05, 0.1) is 5.69 Å². The quantitative estimate of drug-likeness (QED) is 0.765. The second-order valence-electron chi connectivity index (χ2n) is 4.03. The molecule has 0 unspecified atom stereocenters. The molecule has 0 fully saturated rings. The molecule has 2 amide bonds. The Morgan fingerprint density at radius 3 is 2.43 bits per heavy atom. The summed E-state index contributed by atoms with van der Waals surface area (Å²) in [6.45, 7) is 0. The summed E-state index contributed by atoms with van der Waals surface area (Å²) < 4.78 is 18.9. The highest BCUT2D eigenvalue weighted by atomic mass is 19.1. The second kappa shape index (κ2) is 5.45. The first kappa shape index (κ1) is 14.3. The number of benzene rings is 1. The van der Waals surface area contributed by atoms with Crippen LogP contribution in [0.2, 0.25) is 0 Å². The SMILES string of the molecule is NC(=O)c1ccc(N)c(Oc2cccc(F)c2C(N)=O)n1. The van der Waals surface area contributed by atoms with Crippen LogP contribution < -0.4 is 21.9 Å². The van der Waals surface area contributed by atoms with E-state index in [2.05, 4.69) is 4.98 Å². The van der Waals surface area contributed by atoms with E-state index in [-0.39, 0.29) is 23.0 Å². The summed E-state index contributed by atoms with van der Waals surface area (Å²) in [5, 5.41) is 0. The fourth-order valence-corrected chi connectivity index (χ4v) is 1.60. The third kappa shape index (κ3) is 2.89. The Labute approximate surface area is 118 Å². The average molecular weight is 290 g/mol. The van der Waals surface area contributed by atoms with E-state index >= 15 is 0 Å². The number of nitrogens with zero attached hydrogens (tertiary/aromatic N) is 1. The molecule has 0 radical (unpaired) electrons. The molecule has 21 heavy (non-hydrogen) atoms. The number of nitrogens with two attached hydrogens (primary N) is 3. The third-order valence-corrected chi connectivity index (χ3v) is 2.57. The van der Waals surface area contributed by atoms with Crippen molar-refractivity contribution in [3.8, 4) is 11.6 Å². The van der Waals surface area contributed by atoms with Gasteiger partial charge in [0.15, 0.2) is 0 Å². The Bertz CT molecular complexity index is 733. The number of halogens is 1. The Balaban J connectivity index is 2.48. The number of primary amides is 2. The molecule has 8 heteroatoms. The number of amides is 2. The molecule has 0 aliphatic heterocycles. The van der Waals surface area contributed by atoms with Crippen LogP contribution in [0, 0.1) is 5.82 Å². The van der Waals surface area contributed by atoms with E-state index in [4.69, 9.17) is 21.9 Å². The van der Waals surface area contributed by atoms with E-state index in [9.17, 15) is 14.0 Å². The zero-order valence-corrected chi connectivity index (χ0v) is 10.7. The first-order valence-electron chi connectivity index (χ1n) is 5.72. The molecule has 6 N–H and O–H groups in total. The maximum Gasteiger partial charge on any atom is 0.267 e. The maximum absolute atomic E-state index is 13.6. The molecule has 0 bridgehead atoms. The minimum atomic E-state index is -1.01. The van der Waals surface area contributed by atoms with Crippen LogP contribution in [0.4, 0.5) is 10.1 Å². The van der Waals surface area contributed by atoms with Gasteiger partial charge in [-0.15, -0.1) is 0 Å². The number of rotatable bonds is 4. The molecule has 1 aromatic heterocycles. The van der Waals surface area contributed by atoms with Crippen LogP contribution in [0.3, 0.4) is 0 Å². The van der Waals surface area contributed by atoms with Gasteiger partial charge in [-0.25, -0.2) is 9.37 Å². The number of anilines is 1. The summed E-state index contributed by atoms with van der Waals surface area (Å²) in [7, 11) is 0. The number of carbonyl (C=O) groups excluding carboxylic acids is 2. The molecule has 1 aromatic carbocycles. The number of hydrogen-bond donors (Lipinski definition) is 3. The lowest BCUT2D eigenvalue weighted by molar-refractivity contribution is 0.0984. The van der Waals surface area contributed by atoms with Gasteiger partial charge in [-0.05, 0) is 24.3 Å². The lowest BCUT2D eigenvalue weighted by Crippen LogP contribution is -2.16. The van der Waals surface area contributed by atoms with Gasteiger partial charge in [-0.2, -0.15) is 0 Å². The molecule has 0 saturated heterocycles. The van der Waals surface area contributed by atoms with Gasteiger partial charge in [0.2, 0.25) is 5.88 Å². The van der Waals surface area contributed by atoms with Crippen molar-refractivity contribution in [2.24, 2.45) is 11.5 Å². The van der Waals surface area contributed by atoms with Gasteiger partial charge in [0.1, 0.15) is 22.8 Å². The van der Waals surface area contributed by atoms with Crippen LogP contribution in [0.15, 0.2) is 30.3 Å². The number of ether oxygens (including phenoxy) is 1. The molecule has 0 spiro atoms. The van der Waals surface area contributed by atoms with Crippen LogP contribution in [-0.4, -0.2) is 16.8 Å². The van der Waals surface area contributed by atoms with Gasteiger partial charge in [-0.1, -0.05) is 6.07 Å². The molecule has 0 saturated carbocycles. The van der Waals surface area contributed by atoms with Crippen molar-refractivity contribution >= 4 is 17.5 Å². The normalized spacial score (nSPS) is 10.1. The molecule has 0 aliphatic rings. The molecule has 0 aliphatic carbocycles. The highest BCUT2D eigenvalue weighted by Crippen LogP contribution is 2.29. The summed E-state index contributed by atoms with van der Waals surface area (Å²) in [6, 6.07) is 6.37. The Kier molecular flexibility index (Phi) is 3.70. The minimum absolute atomic E-state index is 0.0830. The highest BCUT2D eigenvalue weighted by molar-refractivity contribution is 5.96. The second-order valence-corrected chi connectivity index (χ2v) is 4.03. The largest absolute Gasteiger partial charge is 0.436 e. The van der Waals surface area contributed by atoms with E-state index in [0.29, 0.717) is 0 Å². The number of carbonyl (C=O) groups is 2. The van der Waals surface area contributed by atoms with Gasteiger partial charge < -0.3 is 21.9 Å². The number of aromatic nitrogens is 1. The molecule has 2 aromatic rings. The van der Waals surface area contributed by atoms with E-state index in [1.54, 1.807) is 0 Å². The molecule has 2 rings (SSSR count). The van der Waals surface area contributed by atoms with Gasteiger partial charge in [0.25, 0.3) is 11.8 Å². The van der Waals surface area contributed by atoms with Crippen LogP contribution in [0.1, 0.15) is 20.8 Å². The predicted octanol–water partition coefficient (Wildman–Crippen LogP) is 0.793. The standard InChI is InChI=1S/C13H11FN4O3/c14-6-2-1-3-9(10(6)12(17)20)21-13-7(15)4-5-8(18-13)11(16)19/h1-5H,15H2,(H2,16,19)(H2,17,20). The van der Waals surface area contributed by atoms with Gasteiger partial charge in [0, 0.05) is 0 Å². The van der Waals surface area contributed by atoms with Crippen LogP contribution in [0.5, 0.6) is 11.6 Å². The topological polar surface area (TPSA) is 134 Å². The monoisotopic (exact) mass is 290 g/mol. The van der Waals surface area contributed by atoms with E-state index in [1.165, 1.54) is 24.3 Å². The molecule has 7 nitrogen and oxygen atoms in total. The predicted molar refractivity (Wildman–Crippen MR) is 72.2 cm³/mol. The molecular weight excluding hydrogens is 279 g/mol. The zero-order valence-electron chi connectivity index (χ0n) is 10.7. The zero-order chi connectivity index (χ0) is 15.6. The highest BCUT2D eigenvalue weighted by Gasteiger charge is 2.17. The molecule has 1 heterocycles. The first-order valence-corrected chi connectivity index (χ1v) is 5.72. The summed E-state index contributed by atoms with van der Waals surface area (Å²) >= 11 is 0. The molecular formula is C13H11FN4O3. The van der Waals surface area contributed by atoms with E-state index < -0.39 is 23.2 Å². The number of nitrogen functional groups attached to an aromatic ring is 1. The lowest BCUT2D eigenvalue weighted by atomic mass is 10.2. The third-order valence-electron chi connectivity index (χ3n) is 2.57. The minimum Gasteiger partial charge on any atom is -0.436 e. The Morgan fingerprint density at radius 2 is 1.81 bits per heavy atom. The van der Waals surface area contributed by atoms with E-state index in [1.807, 2.05) is 0 Å². The fourth-order valence-electron chi connectivity index (χ4n) is 1.60. The first-order chi connectivity index (χ1) is 9.90. The summed E-state index contributed by atoms with van der Waals surface area (Å²) in [5.74, 6) is -2.98. The summed E-state index contributed by atoms with van der Waals surface area (Å²) in [5.41, 5.74) is 15.4. The van der Waals surface area contributed by atoms with Crippen molar-refractivity contribution in [1.82, 2.24) is 4.98 Å². The van der Waals surface area contributed by atoms with Crippen molar-refractivity contribution < 1.29 is 18.7 Å². The molecule has 108 valence electrons. The van der Waals surface area contributed by atoms with Gasteiger partial charge in [-0.3, -0.25) is 9.59 Å². The van der Waals surface area contributed by atoms with Crippen LogP contribution in [0.25, 0.3) is 0 Å². The van der Waals surface area contributed by atoms with E-state index in [0.717, 1.165) is 6.07 Å². The van der Waals surface area contributed by atoms with Gasteiger partial charge >= 0.3 is 0 Å². The van der Waals surface area contributed by atoms with Crippen LogP contribution in [-0.2, 0) is 0 Å². The maximum atomic E-state index is 13.6. The summed E-state index contributed by atoms with van der Waals surface area (Å²) in [4.78, 5) is 26.1. The fraction of sp³-hybridized carbons (Fsp3) is 0. The van der Waals surface area contributed by atoms with Crippen molar-refractivity contribution in [3.63, 3.8) is 0 Å². The number of hydrogen-bond acceptors (Lipinski definition) is 5. The Morgan fingerprint density at radius 1 is 1.10 bits per heavy atom. The molecule has 0 atom stereocenters. The van der Waals surface area contributed by atoms with Crippen molar-refractivity contribution in [1.29, 1.82) is 0 Å². The average Bonchev–Trinajstić information content (AvgIpc) is 2.40. The van der Waals surface area contributed by atoms with Crippen molar-refractivity contribution in [2.75, 3.05) is 5.73 Å². The van der Waals surface area contributed by atoms with Crippen molar-refractivity contribution in [2.45, 2.75) is 0 Å². The van der Waals surface area contributed by atoms with Crippen molar-refractivity contribution in [3.05, 3.63) is 47.4 Å². The Hall–Kier alpha value is -3.16.